The number of nitrogens with two attached hydrogens (primary N) is 1. The van der Waals surface area contributed by atoms with E-state index in [9.17, 15) is 15.3 Å². The number of nitrogens with zero attached hydrogens (tertiary/aromatic N) is 5. The number of aliphatic hydroxyl groups excluding tert-OH is 3. The van der Waals surface area contributed by atoms with E-state index in [1.165, 1.54) is 17.1 Å². The number of nitrogen functional groups attached to an aromatic ring is 1. The lowest BCUT2D eigenvalue weighted by Gasteiger charge is -2.18. The van der Waals surface area contributed by atoms with Crippen LogP contribution in [0.1, 0.15) is 11.8 Å². The van der Waals surface area contributed by atoms with Gasteiger partial charge in [0, 0.05) is 10.6 Å². The van der Waals surface area contributed by atoms with Crippen LogP contribution in [0.5, 0.6) is 0 Å². The van der Waals surface area contributed by atoms with Gasteiger partial charge in [0.25, 0.3) is 0 Å². The second-order valence-corrected chi connectivity index (χ2v) is 6.76. The minimum atomic E-state index is -1.34. The van der Waals surface area contributed by atoms with Gasteiger partial charge in [-0.05, 0) is 6.07 Å². The predicted molar refractivity (Wildman–Crippen MR) is 105 cm³/mol. The van der Waals surface area contributed by atoms with Crippen LogP contribution in [0.15, 0.2) is 35.7 Å². The molecular weight excluding hydrogens is 402 g/mol. The lowest BCUT2D eigenvalue weighted by Crippen LogP contribution is -2.33. The molecule has 4 atom stereocenters. The molecule has 0 amide bonds. The van der Waals surface area contributed by atoms with Gasteiger partial charge in [0.1, 0.15) is 24.6 Å². The fourth-order valence-electron chi connectivity index (χ4n) is 3.08. The van der Waals surface area contributed by atoms with Crippen LogP contribution in [0.25, 0.3) is 11.2 Å². The van der Waals surface area contributed by atoms with Gasteiger partial charge in [0.15, 0.2) is 23.2 Å². The van der Waals surface area contributed by atoms with Gasteiger partial charge in [-0.25, -0.2) is 20.4 Å². The maximum atomic E-state index is 10.4. The first-order valence-electron chi connectivity index (χ1n) is 8.65. The summed E-state index contributed by atoms with van der Waals surface area (Å²) in [6, 6.07) is 7.13. The molecule has 6 N–H and O–H groups in total. The Morgan fingerprint density at radius 2 is 2.07 bits per heavy atom. The number of anilines is 2. The van der Waals surface area contributed by atoms with Crippen molar-refractivity contribution in [3.63, 3.8) is 0 Å². The minimum absolute atomic E-state index is 0.124. The van der Waals surface area contributed by atoms with Gasteiger partial charge in [0.05, 0.1) is 12.8 Å². The van der Waals surface area contributed by atoms with Crippen LogP contribution in [-0.2, 0) is 4.74 Å². The van der Waals surface area contributed by atoms with Crippen molar-refractivity contribution in [3.05, 3.63) is 41.2 Å². The highest BCUT2D eigenvalue weighted by molar-refractivity contribution is 6.33. The molecule has 4 rings (SSSR count). The fraction of sp³-hybridized carbons (Fsp3) is 0.294. The Bertz CT molecular complexity index is 1060. The van der Waals surface area contributed by atoms with Crippen molar-refractivity contribution < 1.29 is 20.1 Å². The number of benzene rings is 1. The van der Waals surface area contributed by atoms with Gasteiger partial charge in [-0.15, -0.1) is 0 Å². The van der Waals surface area contributed by atoms with E-state index in [2.05, 4.69) is 25.5 Å². The molecule has 11 nitrogen and oxygen atoms in total. The van der Waals surface area contributed by atoms with E-state index in [1.54, 1.807) is 18.2 Å². The molecule has 152 valence electrons. The van der Waals surface area contributed by atoms with Gasteiger partial charge >= 0.3 is 0 Å². The molecule has 1 aromatic carbocycles. The molecule has 12 heteroatoms. The van der Waals surface area contributed by atoms with E-state index in [1.807, 2.05) is 6.07 Å². The van der Waals surface area contributed by atoms with E-state index in [-0.39, 0.29) is 22.9 Å². The number of hydrogen-bond donors (Lipinski definition) is 5. The maximum Gasteiger partial charge on any atom is 0.228 e. The third-order valence-electron chi connectivity index (χ3n) is 4.55. The minimum Gasteiger partial charge on any atom is -0.394 e. The average Bonchev–Trinajstić information content (AvgIpc) is 3.22. The van der Waals surface area contributed by atoms with Crippen molar-refractivity contribution in [2.75, 3.05) is 17.8 Å². The highest BCUT2D eigenvalue weighted by Gasteiger charge is 2.45. The zero-order chi connectivity index (χ0) is 20.5. The van der Waals surface area contributed by atoms with Gasteiger partial charge < -0.3 is 25.8 Å². The summed E-state index contributed by atoms with van der Waals surface area (Å²) in [7, 11) is 0. The summed E-state index contributed by atoms with van der Waals surface area (Å²) >= 11 is 6.11. The van der Waals surface area contributed by atoms with E-state index in [0.717, 1.165) is 0 Å². The number of hydrazone groups is 1. The number of nitrogens with one attached hydrogen (secondary N) is 1. The largest absolute Gasteiger partial charge is 0.394 e. The normalized spacial score (nSPS) is 24.6. The van der Waals surface area contributed by atoms with Crippen molar-refractivity contribution in [1.82, 2.24) is 19.5 Å². The summed E-state index contributed by atoms with van der Waals surface area (Å²) in [6.45, 7) is -0.466. The summed E-state index contributed by atoms with van der Waals surface area (Å²) in [5.41, 5.74) is 9.85. The maximum absolute atomic E-state index is 10.4. The second-order valence-electron chi connectivity index (χ2n) is 6.36. The zero-order valence-corrected chi connectivity index (χ0v) is 15.7. The van der Waals surface area contributed by atoms with Crippen LogP contribution in [0.4, 0.5) is 11.8 Å². The first kappa shape index (κ1) is 19.5. The Hall–Kier alpha value is -2.83. The lowest BCUT2D eigenvalue weighted by molar-refractivity contribution is -0.0501. The fourth-order valence-corrected chi connectivity index (χ4v) is 3.26. The van der Waals surface area contributed by atoms with Crippen LogP contribution in [-0.4, -0.2) is 66.0 Å². The van der Waals surface area contributed by atoms with Gasteiger partial charge in [-0.1, -0.05) is 29.8 Å². The predicted octanol–water partition coefficient (Wildman–Crippen LogP) is 0.119. The van der Waals surface area contributed by atoms with E-state index in [0.29, 0.717) is 10.6 Å². The number of halogens is 1. The van der Waals surface area contributed by atoms with Crippen LogP contribution < -0.4 is 11.2 Å². The van der Waals surface area contributed by atoms with Gasteiger partial charge in [0.2, 0.25) is 5.95 Å². The molecule has 1 aliphatic heterocycles. The number of ether oxygens (including phenoxy) is 1. The topological polar surface area (TPSA) is 164 Å². The van der Waals surface area contributed by atoms with E-state index < -0.39 is 31.1 Å². The summed E-state index contributed by atoms with van der Waals surface area (Å²) in [5, 5.41) is 34.6. The number of rotatable bonds is 5. The van der Waals surface area contributed by atoms with Gasteiger partial charge in [-0.3, -0.25) is 4.57 Å². The Morgan fingerprint density at radius 1 is 1.28 bits per heavy atom. The molecule has 0 unspecified atom stereocenters. The van der Waals surface area contributed by atoms with Crippen LogP contribution >= 0.6 is 11.6 Å². The highest BCUT2D eigenvalue weighted by Crippen LogP contribution is 2.35. The molecule has 3 aromatic rings. The molecule has 0 spiro atoms. The Balaban J connectivity index is 1.73. The summed E-state index contributed by atoms with van der Waals surface area (Å²) in [4.78, 5) is 12.4. The molecule has 0 saturated carbocycles. The smallest absolute Gasteiger partial charge is 0.228 e. The van der Waals surface area contributed by atoms with Gasteiger partial charge in [-0.2, -0.15) is 5.10 Å². The van der Waals surface area contributed by atoms with E-state index in [4.69, 9.17) is 22.1 Å². The third-order valence-corrected chi connectivity index (χ3v) is 4.89. The molecule has 1 saturated heterocycles. The highest BCUT2D eigenvalue weighted by atomic mass is 35.5. The standard InChI is InChI=1S/C17H18ClN7O4/c18-9-4-2-1-3-8(9)5-22-24-17-23-11-14(19)20-7-21-15(11)25(17)16-13(28)12(27)10(6-26)29-16/h1-5,7,10,12-13,16,26-28H,6H2,(H,23,24)(H2,19,20,21)/t10-,12+,13-,16+/m0/s1. The summed E-state index contributed by atoms with van der Waals surface area (Å²) < 4.78 is 7.01. The molecule has 2 aromatic heterocycles. The zero-order valence-electron chi connectivity index (χ0n) is 14.9. The number of aliphatic hydroxyl groups is 3. The molecule has 0 radical (unpaired) electrons. The number of imidazole rings is 1. The average molecular weight is 420 g/mol. The molecular formula is C17H18ClN7O4. The lowest BCUT2D eigenvalue weighted by atomic mass is 10.1. The van der Waals surface area contributed by atoms with Crippen molar-refractivity contribution >= 4 is 40.7 Å². The van der Waals surface area contributed by atoms with E-state index >= 15 is 0 Å². The third kappa shape index (κ3) is 3.50. The van der Waals surface area contributed by atoms with Crippen molar-refractivity contribution in [2.24, 2.45) is 5.10 Å². The van der Waals surface area contributed by atoms with Crippen LogP contribution in [0.3, 0.4) is 0 Å². The number of fused-ring (bicyclic) bond motifs is 1. The number of aromatic nitrogens is 4. The second kappa shape index (κ2) is 7.89. The molecule has 0 bridgehead atoms. The van der Waals surface area contributed by atoms with Crippen molar-refractivity contribution in [2.45, 2.75) is 24.5 Å². The SMILES string of the molecule is Nc1ncnc2c1nc(NN=Cc1ccccc1Cl)n2[C@@H]1O[C@@H](CO)[C@@H](O)[C@@H]1O. The summed E-state index contributed by atoms with van der Waals surface area (Å²) in [6.07, 6.45) is -1.94. The quantitative estimate of drug-likeness (QED) is 0.285. The first-order chi connectivity index (χ1) is 14.0. The monoisotopic (exact) mass is 419 g/mol. The molecule has 3 heterocycles. The van der Waals surface area contributed by atoms with Crippen molar-refractivity contribution in [3.8, 4) is 0 Å². The Labute approximate surface area is 169 Å². The number of hydrogen-bond acceptors (Lipinski definition) is 10. The molecule has 0 aliphatic carbocycles. The molecule has 29 heavy (non-hydrogen) atoms. The summed E-state index contributed by atoms with van der Waals surface area (Å²) in [5.74, 6) is 0.268. The first-order valence-corrected chi connectivity index (χ1v) is 9.03. The van der Waals surface area contributed by atoms with Crippen LogP contribution in [0, 0.1) is 0 Å². The van der Waals surface area contributed by atoms with Crippen molar-refractivity contribution in [1.29, 1.82) is 0 Å². The Morgan fingerprint density at radius 3 is 2.79 bits per heavy atom. The van der Waals surface area contributed by atoms with Crippen LogP contribution in [0.2, 0.25) is 5.02 Å². The molecule has 1 aliphatic rings. The Kier molecular flexibility index (Phi) is 5.30. The molecule has 1 fully saturated rings.